The molecule has 0 spiro atoms. The first-order valence-electron chi connectivity index (χ1n) is 11.2. The molecule has 8 heteroatoms. The predicted octanol–water partition coefficient (Wildman–Crippen LogP) is 6.07. The molecule has 2 aromatic carbocycles. The van der Waals surface area contributed by atoms with E-state index in [-0.39, 0.29) is 12.1 Å². The van der Waals surface area contributed by atoms with Crippen molar-refractivity contribution >= 4 is 35.0 Å². The van der Waals surface area contributed by atoms with Crippen molar-refractivity contribution in [2.24, 2.45) is 0 Å². The van der Waals surface area contributed by atoms with Crippen LogP contribution in [0, 0.1) is 0 Å². The number of piperazine rings is 1. The summed E-state index contributed by atoms with van der Waals surface area (Å²) in [7, 11) is 0. The summed E-state index contributed by atoms with van der Waals surface area (Å²) in [4.78, 5) is 21.5. The van der Waals surface area contributed by atoms with Gasteiger partial charge in [0, 0.05) is 49.0 Å². The molecule has 0 bridgehead atoms. The highest BCUT2D eigenvalue weighted by atomic mass is 35.5. The molecule has 1 aliphatic heterocycles. The van der Waals surface area contributed by atoms with E-state index in [1.807, 2.05) is 32.0 Å². The second kappa shape index (κ2) is 11.1. The molecule has 178 valence electrons. The molecule has 1 fully saturated rings. The van der Waals surface area contributed by atoms with Crippen molar-refractivity contribution in [2.75, 3.05) is 31.1 Å². The Labute approximate surface area is 210 Å². The number of aromatic nitrogens is 1. The Kier molecular flexibility index (Phi) is 7.93. The highest BCUT2D eigenvalue weighted by Crippen LogP contribution is 2.29. The molecule has 6 nitrogen and oxygen atoms in total. The van der Waals surface area contributed by atoms with Gasteiger partial charge in [-0.25, -0.2) is 9.78 Å². The van der Waals surface area contributed by atoms with Gasteiger partial charge in [-0.1, -0.05) is 35.3 Å². The number of ether oxygens (including phenoxy) is 2. The van der Waals surface area contributed by atoms with Gasteiger partial charge in [0.15, 0.2) is 0 Å². The molecule has 0 amide bonds. The fourth-order valence-corrected chi connectivity index (χ4v) is 4.40. The van der Waals surface area contributed by atoms with Crippen molar-refractivity contribution in [3.05, 3.63) is 82.0 Å². The molecular formula is C26H27Cl2N3O3. The molecule has 1 aromatic heterocycles. The van der Waals surface area contributed by atoms with Crippen LogP contribution in [0.1, 0.15) is 29.8 Å². The lowest BCUT2D eigenvalue weighted by Crippen LogP contribution is -2.46. The SMILES string of the molecule is CC(C)OC(=O)c1cccnc1N1CCN(Cc2cccc(Oc3cc(Cl)cc(Cl)c3)c2)CC1. The van der Waals surface area contributed by atoms with Crippen molar-refractivity contribution < 1.29 is 14.3 Å². The van der Waals surface area contributed by atoms with Gasteiger partial charge >= 0.3 is 5.97 Å². The number of anilines is 1. The molecule has 0 N–H and O–H groups in total. The Balaban J connectivity index is 1.37. The van der Waals surface area contributed by atoms with E-state index < -0.39 is 0 Å². The molecule has 1 saturated heterocycles. The van der Waals surface area contributed by atoms with Crippen LogP contribution in [-0.4, -0.2) is 48.1 Å². The Morgan fingerprint density at radius 3 is 2.41 bits per heavy atom. The maximum absolute atomic E-state index is 12.5. The number of hydrogen-bond acceptors (Lipinski definition) is 6. The standard InChI is InChI=1S/C26H27Cl2N3O3/c1-18(2)33-26(32)24-7-4-8-29-25(24)31-11-9-30(10-12-31)17-19-5-3-6-22(13-19)34-23-15-20(27)14-21(28)16-23/h3-8,13-16,18H,9-12,17H2,1-2H3. The highest BCUT2D eigenvalue weighted by Gasteiger charge is 2.23. The smallest absolute Gasteiger partial charge is 0.342 e. The summed E-state index contributed by atoms with van der Waals surface area (Å²) >= 11 is 12.2. The molecule has 3 aromatic rings. The summed E-state index contributed by atoms with van der Waals surface area (Å²) in [5.74, 6) is 1.68. The lowest BCUT2D eigenvalue weighted by Gasteiger charge is -2.36. The zero-order valence-corrected chi connectivity index (χ0v) is 20.7. The minimum atomic E-state index is -0.335. The zero-order valence-electron chi connectivity index (χ0n) is 19.2. The average molecular weight is 500 g/mol. The molecular weight excluding hydrogens is 473 g/mol. The van der Waals surface area contributed by atoms with Gasteiger partial charge in [-0.3, -0.25) is 4.90 Å². The maximum atomic E-state index is 12.5. The van der Waals surface area contributed by atoms with E-state index >= 15 is 0 Å². The Morgan fingerprint density at radius 1 is 0.971 bits per heavy atom. The average Bonchev–Trinajstić information content (AvgIpc) is 2.79. The lowest BCUT2D eigenvalue weighted by molar-refractivity contribution is 0.0378. The van der Waals surface area contributed by atoms with Crippen LogP contribution in [0.5, 0.6) is 11.5 Å². The van der Waals surface area contributed by atoms with E-state index in [0.717, 1.165) is 44.0 Å². The van der Waals surface area contributed by atoms with Gasteiger partial charge in [0.25, 0.3) is 0 Å². The van der Waals surface area contributed by atoms with Crippen LogP contribution in [0.3, 0.4) is 0 Å². The van der Waals surface area contributed by atoms with Crippen LogP contribution < -0.4 is 9.64 Å². The number of nitrogens with zero attached hydrogens (tertiary/aromatic N) is 3. The molecule has 2 heterocycles. The van der Waals surface area contributed by atoms with Crippen LogP contribution in [-0.2, 0) is 11.3 Å². The number of pyridine rings is 1. The number of benzene rings is 2. The topological polar surface area (TPSA) is 54.9 Å². The van der Waals surface area contributed by atoms with E-state index in [1.54, 1.807) is 36.5 Å². The highest BCUT2D eigenvalue weighted by molar-refractivity contribution is 6.34. The monoisotopic (exact) mass is 499 g/mol. The molecule has 0 atom stereocenters. The third-order valence-corrected chi connectivity index (χ3v) is 5.83. The Bertz CT molecular complexity index is 1130. The van der Waals surface area contributed by atoms with E-state index in [1.165, 1.54) is 0 Å². The third-order valence-electron chi connectivity index (χ3n) is 5.40. The fraction of sp³-hybridized carbons (Fsp3) is 0.308. The number of esters is 1. The quantitative estimate of drug-likeness (QED) is 0.367. The van der Waals surface area contributed by atoms with Crippen LogP contribution in [0.4, 0.5) is 5.82 Å². The van der Waals surface area contributed by atoms with Gasteiger partial charge in [-0.15, -0.1) is 0 Å². The van der Waals surface area contributed by atoms with Gasteiger partial charge in [-0.05, 0) is 61.9 Å². The number of hydrogen-bond donors (Lipinski definition) is 0. The molecule has 0 radical (unpaired) electrons. The summed E-state index contributed by atoms with van der Waals surface area (Å²) in [6.45, 7) is 7.74. The Hall–Kier alpha value is -2.80. The molecule has 4 rings (SSSR count). The van der Waals surface area contributed by atoms with Crippen LogP contribution in [0.25, 0.3) is 0 Å². The van der Waals surface area contributed by atoms with E-state index in [2.05, 4.69) is 20.9 Å². The normalized spacial score (nSPS) is 14.3. The van der Waals surface area contributed by atoms with Crippen LogP contribution >= 0.6 is 23.2 Å². The van der Waals surface area contributed by atoms with E-state index in [9.17, 15) is 4.79 Å². The number of rotatable bonds is 7. The van der Waals surface area contributed by atoms with Gasteiger partial charge < -0.3 is 14.4 Å². The van der Waals surface area contributed by atoms with Gasteiger partial charge in [0.2, 0.25) is 0 Å². The van der Waals surface area contributed by atoms with Crippen molar-refractivity contribution in [3.8, 4) is 11.5 Å². The van der Waals surface area contributed by atoms with Crippen molar-refractivity contribution in [1.82, 2.24) is 9.88 Å². The minimum Gasteiger partial charge on any atom is -0.459 e. The lowest BCUT2D eigenvalue weighted by atomic mass is 10.1. The summed E-state index contributed by atoms with van der Waals surface area (Å²) in [6.07, 6.45) is 1.54. The first-order valence-corrected chi connectivity index (χ1v) is 12.0. The first-order chi connectivity index (χ1) is 16.4. The Morgan fingerprint density at radius 2 is 1.71 bits per heavy atom. The summed E-state index contributed by atoms with van der Waals surface area (Å²) in [5.41, 5.74) is 1.66. The van der Waals surface area contributed by atoms with Crippen molar-refractivity contribution in [3.63, 3.8) is 0 Å². The molecule has 1 aliphatic rings. The first kappa shape index (κ1) is 24.3. The third kappa shape index (κ3) is 6.41. The molecule has 0 aliphatic carbocycles. The van der Waals surface area contributed by atoms with Crippen molar-refractivity contribution in [1.29, 1.82) is 0 Å². The molecule has 0 saturated carbocycles. The maximum Gasteiger partial charge on any atom is 0.342 e. The number of carbonyl (C=O) groups excluding carboxylic acids is 1. The minimum absolute atomic E-state index is 0.173. The predicted molar refractivity (Wildman–Crippen MR) is 135 cm³/mol. The van der Waals surface area contributed by atoms with Gasteiger partial charge in [0.1, 0.15) is 22.9 Å². The summed E-state index contributed by atoms with van der Waals surface area (Å²) in [6, 6.07) is 16.7. The van der Waals surface area contributed by atoms with Crippen LogP contribution in [0.2, 0.25) is 10.0 Å². The van der Waals surface area contributed by atoms with Crippen molar-refractivity contribution in [2.45, 2.75) is 26.5 Å². The largest absolute Gasteiger partial charge is 0.459 e. The van der Waals surface area contributed by atoms with Gasteiger partial charge in [-0.2, -0.15) is 0 Å². The number of halogens is 2. The second-order valence-corrected chi connectivity index (χ2v) is 9.32. The second-order valence-electron chi connectivity index (χ2n) is 8.45. The summed E-state index contributed by atoms with van der Waals surface area (Å²) in [5, 5.41) is 1.06. The fourth-order valence-electron chi connectivity index (χ4n) is 3.89. The summed E-state index contributed by atoms with van der Waals surface area (Å²) < 4.78 is 11.4. The van der Waals surface area contributed by atoms with Crippen LogP contribution in [0.15, 0.2) is 60.8 Å². The van der Waals surface area contributed by atoms with Gasteiger partial charge in [0.05, 0.1) is 6.10 Å². The number of carbonyl (C=O) groups is 1. The molecule has 34 heavy (non-hydrogen) atoms. The van der Waals surface area contributed by atoms with E-state index in [0.29, 0.717) is 27.2 Å². The molecule has 0 unspecified atom stereocenters. The zero-order chi connectivity index (χ0) is 24.1. The van der Waals surface area contributed by atoms with E-state index in [4.69, 9.17) is 32.7 Å².